The molecule has 0 aliphatic heterocycles. The molecule has 0 atom stereocenters. The number of esters is 1. The Bertz CT molecular complexity index is 1230. The van der Waals surface area contributed by atoms with Crippen molar-refractivity contribution < 1.29 is 18.7 Å². The summed E-state index contributed by atoms with van der Waals surface area (Å²) in [6.07, 6.45) is 0. The van der Waals surface area contributed by atoms with Crippen LogP contribution in [0.1, 0.15) is 27.6 Å². The molecule has 1 aromatic heterocycles. The van der Waals surface area contributed by atoms with Gasteiger partial charge >= 0.3 is 5.97 Å². The fourth-order valence-electron chi connectivity index (χ4n) is 3.37. The lowest BCUT2D eigenvalue weighted by molar-refractivity contribution is 0.0528. The molecule has 0 bridgehead atoms. The zero-order valence-corrected chi connectivity index (χ0v) is 18.1. The van der Waals surface area contributed by atoms with E-state index >= 15 is 0 Å². The van der Waals surface area contributed by atoms with E-state index in [4.69, 9.17) is 20.8 Å². The highest BCUT2D eigenvalue weighted by atomic mass is 35.5. The second-order valence-electron chi connectivity index (χ2n) is 6.92. The second-order valence-corrected chi connectivity index (χ2v) is 7.36. The minimum Gasteiger partial charge on any atom is -0.462 e. The Kier molecular flexibility index (Phi) is 6.38. The van der Waals surface area contributed by atoms with Crippen LogP contribution in [0.25, 0.3) is 22.5 Å². The molecule has 0 aliphatic rings. The van der Waals surface area contributed by atoms with Crippen molar-refractivity contribution in [2.24, 2.45) is 0 Å². The van der Waals surface area contributed by atoms with Gasteiger partial charge < -0.3 is 9.15 Å². The molecule has 3 aromatic carbocycles. The van der Waals surface area contributed by atoms with Crippen molar-refractivity contribution in [1.29, 1.82) is 0 Å². The summed E-state index contributed by atoms with van der Waals surface area (Å²) in [6, 6.07) is 25.2. The molecular weight excluding hydrogens is 426 g/mol. The smallest absolute Gasteiger partial charge is 0.344 e. The Morgan fingerprint density at radius 2 is 1.47 bits per heavy atom. The number of benzene rings is 3. The number of anilines is 1. The molecule has 0 saturated heterocycles. The quantitative estimate of drug-likeness (QED) is 0.335. The summed E-state index contributed by atoms with van der Waals surface area (Å²) in [7, 11) is 0. The molecule has 1 heterocycles. The average molecular weight is 446 g/mol. The van der Waals surface area contributed by atoms with Crippen molar-refractivity contribution in [3.8, 4) is 22.5 Å². The van der Waals surface area contributed by atoms with Crippen molar-refractivity contribution in [3.05, 3.63) is 101 Å². The normalized spacial score (nSPS) is 10.6. The lowest BCUT2D eigenvalue weighted by Crippen LogP contribution is -2.15. The van der Waals surface area contributed by atoms with E-state index in [1.165, 1.54) is 0 Å². The molecule has 6 heteroatoms. The maximum Gasteiger partial charge on any atom is 0.344 e. The molecular formula is C26H20ClNO4. The first-order valence-electron chi connectivity index (χ1n) is 10.1. The topological polar surface area (TPSA) is 68.5 Å². The average Bonchev–Trinajstić information content (AvgIpc) is 3.20. The van der Waals surface area contributed by atoms with Gasteiger partial charge in [-0.25, -0.2) is 4.79 Å². The van der Waals surface area contributed by atoms with Crippen LogP contribution < -0.4 is 5.32 Å². The first-order chi connectivity index (χ1) is 15.6. The van der Waals surface area contributed by atoms with Crippen LogP contribution in [0.4, 0.5) is 5.88 Å². The second kappa shape index (κ2) is 9.54. The molecule has 0 aliphatic carbocycles. The van der Waals surface area contributed by atoms with Crippen molar-refractivity contribution >= 4 is 29.4 Å². The third-order valence-electron chi connectivity index (χ3n) is 4.82. The van der Waals surface area contributed by atoms with Gasteiger partial charge in [-0.1, -0.05) is 72.3 Å². The molecule has 0 saturated carbocycles. The Morgan fingerprint density at radius 3 is 2.06 bits per heavy atom. The molecule has 0 radical (unpaired) electrons. The number of hydrogen-bond donors (Lipinski definition) is 1. The van der Waals surface area contributed by atoms with Gasteiger partial charge in [-0.2, -0.15) is 0 Å². The Balaban J connectivity index is 1.89. The lowest BCUT2D eigenvalue weighted by atomic mass is 9.97. The first kappa shape index (κ1) is 21.4. The lowest BCUT2D eigenvalue weighted by Gasteiger charge is -2.08. The van der Waals surface area contributed by atoms with Gasteiger partial charge in [-0.15, -0.1) is 0 Å². The number of furan rings is 1. The van der Waals surface area contributed by atoms with Gasteiger partial charge in [-0.3, -0.25) is 10.1 Å². The maximum atomic E-state index is 13.0. The number of ether oxygens (including phenoxy) is 1. The van der Waals surface area contributed by atoms with Crippen LogP contribution in [0, 0.1) is 0 Å². The standard InChI is InChI=1S/C26H20ClNO4/c1-2-31-26(30)22-21(17-9-5-3-6-10-17)23(18-11-7-4-8-12-18)32-25(22)28-24(29)19-13-15-20(27)16-14-19/h3-16H,2H2,1H3,(H,28,29). The molecule has 5 nitrogen and oxygen atoms in total. The van der Waals surface area contributed by atoms with Gasteiger partial charge in [-0.05, 0) is 36.8 Å². The van der Waals surface area contributed by atoms with Gasteiger partial charge in [0.1, 0.15) is 11.3 Å². The van der Waals surface area contributed by atoms with Crippen LogP contribution in [0.5, 0.6) is 0 Å². The summed E-state index contributed by atoms with van der Waals surface area (Å²) in [5.41, 5.74) is 2.64. The maximum absolute atomic E-state index is 13.0. The molecule has 0 fully saturated rings. The van der Waals surface area contributed by atoms with E-state index in [1.54, 1.807) is 31.2 Å². The number of carbonyl (C=O) groups excluding carboxylic acids is 2. The van der Waals surface area contributed by atoms with Crippen molar-refractivity contribution in [2.45, 2.75) is 6.92 Å². The van der Waals surface area contributed by atoms with Gasteiger partial charge in [0, 0.05) is 21.7 Å². The van der Waals surface area contributed by atoms with E-state index < -0.39 is 11.9 Å². The molecule has 160 valence electrons. The van der Waals surface area contributed by atoms with Gasteiger partial charge in [0.25, 0.3) is 5.91 Å². The van der Waals surface area contributed by atoms with Gasteiger partial charge in [0.2, 0.25) is 5.88 Å². The number of amides is 1. The molecule has 1 N–H and O–H groups in total. The number of rotatable bonds is 6. The number of nitrogens with one attached hydrogen (secondary N) is 1. The minimum absolute atomic E-state index is 0.0288. The SMILES string of the molecule is CCOC(=O)c1c(NC(=O)c2ccc(Cl)cc2)oc(-c2ccccc2)c1-c1ccccc1. The molecule has 32 heavy (non-hydrogen) atoms. The highest BCUT2D eigenvalue weighted by Crippen LogP contribution is 2.42. The number of carbonyl (C=O) groups is 2. The van der Waals surface area contributed by atoms with Crippen molar-refractivity contribution in [1.82, 2.24) is 0 Å². The summed E-state index contributed by atoms with van der Waals surface area (Å²) >= 11 is 5.93. The van der Waals surface area contributed by atoms with E-state index in [9.17, 15) is 9.59 Å². The van der Waals surface area contributed by atoms with Crippen LogP contribution in [0.2, 0.25) is 5.02 Å². The zero-order valence-electron chi connectivity index (χ0n) is 17.3. The van der Waals surface area contributed by atoms with Gasteiger partial charge in [0.05, 0.1) is 6.61 Å². The van der Waals surface area contributed by atoms with Crippen LogP contribution in [0.3, 0.4) is 0 Å². The molecule has 1 amide bonds. The Morgan fingerprint density at radius 1 is 0.875 bits per heavy atom. The number of hydrogen-bond acceptors (Lipinski definition) is 4. The van der Waals surface area contributed by atoms with E-state index in [-0.39, 0.29) is 18.1 Å². The third-order valence-corrected chi connectivity index (χ3v) is 5.07. The fraction of sp³-hybridized carbons (Fsp3) is 0.0769. The molecule has 4 aromatic rings. The predicted octanol–water partition coefficient (Wildman–Crippen LogP) is 6.70. The van der Waals surface area contributed by atoms with Crippen LogP contribution in [-0.2, 0) is 4.74 Å². The largest absolute Gasteiger partial charge is 0.462 e. The Hall–Kier alpha value is -3.83. The first-order valence-corrected chi connectivity index (χ1v) is 10.5. The summed E-state index contributed by atoms with van der Waals surface area (Å²) in [5, 5.41) is 3.25. The van der Waals surface area contributed by atoms with Crippen LogP contribution >= 0.6 is 11.6 Å². The van der Waals surface area contributed by atoms with E-state index in [0.717, 1.165) is 11.1 Å². The van der Waals surface area contributed by atoms with Gasteiger partial charge in [0.15, 0.2) is 0 Å². The Labute approximate surface area is 190 Å². The predicted molar refractivity (Wildman–Crippen MR) is 125 cm³/mol. The highest BCUT2D eigenvalue weighted by Gasteiger charge is 2.29. The van der Waals surface area contributed by atoms with Crippen molar-refractivity contribution in [3.63, 3.8) is 0 Å². The number of halogens is 1. The van der Waals surface area contributed by atoms with Crippen molar-refractivity contribution in [2.75, 3.05) is 11.9 Å². The summed E-state index contributed by atoms with van der Waals surface area (Å²) in [4.78, 5) is 25.9. The zero-order chi connectivity index (χ0) is 22.5. The third kappa shape index (κ3) is 4.43. The van der Waals surface area contributed by atoms with E-state index in [0.29, 0.717) is 21.9 Å². The molecule has 0 spiro atoms. The highest BCUT2D eigenvalue weighted by molar-refractivity contribution is 6.30. The summed E-state index contributed by atoms with van der Waals surface area (Å²) in [5.74, 6) is -0.517. The van der Waals surface area contributed by atoms with Crippen LogP contribution in [-0.4, -0.2) is 18.5 Å². The summed E-state index contributed by atoms with van der Waals surface area (Å²) < 4.78 is 11.4. The van der Waals surface area contributed by atoms with E-state index in [1.807, 2.05) is 60.7 Å². The molecule has 0 unspecified atom stereocenters. The van der Waals surface area contributed by atoms with Crippen LogP contribution in [0.15, 0.2) is 89.3 Å². The monoisotopic (exact) mass is 445 g/mol. The fourth-order valence-corrected chi connectivity index (χ4v) is 3.49. The summed E-state index contributed by atoms with van der Waals surface area (Å²) in [6.45, 7) is 1.91. The minimum atomic E-state index is -0.580. The molecule has 4 rings (SSSR count). The van der Waals surface area contributed by atoms with E-state index in [2.05, 4.69) is 5.32 Å².